The Labute approximate surface area is 199 Å². The first-order chi connectivity index (χ1) is 14.0. The molecule has 9 heteroatoms. The predicted octanol–water partition coefficient (Wildman–Crippen LogP) is 3.65. The minimum atomic E-state index is -0.554. The summed E-state index contributed by atoms with van der Waals surface area (Å²) in [5, 5.41) is 1.73. The van der Waals surface area contributed by atoms with Gasteiger partial charge in [-0.25, -0.2) is 9.97 Å². The molecule has 1 aliphatic heterocycles. The van der Waals surface area contributed by atoms with Gasteiger partial charge in [-0.3, -0.25) is 4.79 Å². The molecular formula is C22H26Cl3N5O. The molecule has 1 atom stereocenters. The standard InChI is InChI=1S/C22H24ClN5O.2ClH/c1-15-12-17(23)7-6-16(15)13-19(24)22(29)28-10-8-27(9-11-28)21-18-4-2-3-5-20(18)25-14-26-21;;/h2-7,12,14,19H,8-11,13,24H2,1H3;2*1H. The van der Waals surface area contributed by atoms with Crippen LogP contribution >= 0.6 is 36.4 Å². The second-order valence-electron chi connectivity index (χ2n) is 7.41. The van der Waals surface area contributed by atoms with E-state index in [1.165, 1.54) is 0 Å². The van der Waals surface area contributed by atoms with Crippen LogP contribution in [0.25, 0.3) is 10.9 Å². The summed E-state index contributed by atoms with van der Waals surface area (Å²) in [6.45, 7) is 4.69. The molecule has 1 saturated heterocycles. The van der Waals surface area contributed by atoms with Crippen molar-refractivity contribution in [3.63, 3.8) is 0 Å². The zero-order chi connectivity index (χ0) is 20.4. The summed E-state index contributed by atoms with van der Waals surface area (Å²) in [5.74, 6) is 0.912. The zero-order valence-corrected chi connectivity index (χ0v) is 19.6. The highest BCUT2D eigenvalue weighted by Gasteiger charge is 2.26. The van der Waals surface area contributed by atoms with Crippen LogP contribution in [0.2, 0.25) is 5.02 Å². The third kappa shape index (κ3) is 5.57. The first kappa shape index (κ1) is 25.1. The molecule has 1 fully saturated rings. The van der Waals surface area contributed by atoms with Gasteiger partial charge in [-0.1, -0.05) is 29.8 Å². The molecule has 6 nitrogen and oxygen atoms in total. The van der Waals surface area contributed by atoms with Crippen LogP contribution in [0, 0.1) is 6.92 Å². The van der Waals surface area contributed by atoms with Crippen LogP contribution in [0.5, 0.6) is 0 Å². The number of halogens is 3. The summed E-state index contributed by atoms with van der Waals surface area (Å²) < 4.78 is 0. The topological polar surface area (TPSA) is 75.4 Å². The van der Waals surface area contributed by atoms with E-state index in [-0.39, 0.29) is 30.7 Å². The van der Waals surface area contributed by atoms with Gasteiger partial charge in [-0.2, -0.15) is 0 Å². The van der Waals surface area contributed by atoms with Crippen molar-refractivity contribution < 1.29 is 4.79 Å². The molecule has 2 aromatic carbocycles. The molecule has 1 amide bonds. The number of amides is 1. The third-order valence-electron chi connectivity index (χ3n) is 5.47. The number of hydrogen-bond donors (Lipinski definition) is 1. The number of benzene rings is 2. The van der Waals surface area contributed by atoms with Gasteiger partial charge in [0.2, 0.25) is 5.91 Å². The second kappa shape index (κ2) is 11.0. The fraction of sp³-hybridized carbons (Fsp3) is 0.318. The summed E-state index contributed by atoms with van der Waals surface area (Å²) in [4.78, 5) is 25.7. The number of hydrogen-bond acceptors (Lipinski definition) is 5. The number of piperazine rings is 1. The predicted molar refractivity (Wildman–Crippen MR) is 131 cm³/mol. The van der Waals surface area contributed by atoms with Gasteiger partial charge in [0.05, 0.1) is 11.6 Å². The lowest BCUT2D eigenvalue weighted by Gasteiger charge is -2.36. The lowest BCUT2D eigenvalue weighted by atomic mass is 10.0. The molecule has 31 heavy (non-hydrogen) atoms. The Balaban J connectivity index is 0.00000171. The number of carbonyl (C=O) groups is 1. The molecule has 0 bridgehead atoms. The van der Waals surface area contributed by atoms with E-state index in [1.54, 1.807) is 6.33 Å². The summed E-state index contributed by atoms with van der Waals surface area (Å²) >= 11 is 6.02. The molecule has 1 unspecified atom stereocenters. The van der Waals surface area contributed by atoms with Gasteiger partial charge in [0.15, 0.2) is 0 Å². The van der Waals surface area contributed by atoms with Crippen LogP contribution < -0.4 is 10.6 Å². The molecule has 2 heterocycles. The average Bonchev–Trinajstić information content (AvgIpc) is 2.75. The molecule has 166 valence electrons. The van der Waals surface area contributed by atoms with Gasteiger partial charge in [0.25, 0.3) is 0 Å². The van der Waals surface area contributed by atoms with Gasteiger partial charge in [-0.05, 0) is 48.7 Å². The first-order valence-corrected chi connectivity index (χ1v) is 10.1. The summed E-state index contributed by atoms with van der Waals surface area (Å²) in [7, 11) is 0. The van der Waals surface area contributed by atoms with E-state index in [0.29, 0.717) is 24.5 Å². The lowest BCUT2D eigenvalue weighted by Crippen LogP contribution is -2.54. The number of para-hydroxylation sites is 1. The minimum Gasteiger partial charge on any atom is -0.352 e. The average molecular weight is 483 g/mol. The Bertz CT molecular complexity index is 1040. The second-order valence-corrected chi connectivity index (χ2v) is 7.84. The maximum absolute atomic E-state index is 12.9. The zero-order valence-electron chi connectivity index (χ0n) is 17.2. The van der Waals surface area contributed by atoms with E-state index in [1.807, 2.05) is 54.3 Å². The van der Waals surface area contributed by atoms with E-state index in [4.69, 9.17) is 17.3 Å². The Morgan fingerprint density at radius 2 is 1.81 bits per heavy atom. The fourth-order valence-corrected chi connectivity index (χ4v) is 4.05. The normalized spacial score (nSPS) is 14.5. The molecule has 0 spiro atoms. The number of nitrogens with zero attached hydrogens (tertiary/aromatic N) is 4. The molecule has 0 aliphatic carbocycles. The van der Waals surface area contributed by atoms with Gasteiger partial charge in [0.1, 0.15) is 12.1 Å². The highest BCUT2D eigenvalue weighted by Crippen LogP contribution is 2.24. The molecule has 0 saturated carbocycles. The Morgan fingerprint density at radius 3 is 2.52 bits per heavy atom. The minimum absolute atomic E-state index is 0. The molecule has 0 radical (unpaired) electrons. The van der Waals surface area contributed by atoms with Crippen molar-refractivity contribution in [2.24, 2.45) is 5.73 Å². The molecule has 4 rings (SSSR count). The summed E-state index contributed by atoms with van der Waals surface area (Å²) in [5.41, 5.74) is 9.29. The Kier molecular flexibility index (Phi) is 8.89. The molecule has 2 N–H and O–H groups in total. The molecule has 1 aliphatic rings. The van der Waals surface area contributed by atoms with E-state index in [2.05, 4.69) is 14.9 Å². The van der Waals surface area contributed by atoms with Gasteiger partial charge in [0, 0.05) is 36.6 Å². The van der Waals surface area contributed by atoms with E-state index in [0.717, 1.165) is 40.9 Å². The smallest absolute Gasteiger partial charge is 0.239 e. The van der Waals surface area contributed by atoms with Crippen LogP contribution in [-0.2, 0) is 11.2 Å². The SMILES string of the molecule is Cc1cc(Cl)ccc1CC(N)C(=O)N1CCN(c2ncnc3ccccc23)CC1.Cl.Cl. The first-order valence-electron chi connectivity index (χ1n) is 9.77. The highest BCUT2D eigenvalue weighted by atomic mass is 35.5. The number of anilines is 1. The van der Waals surface area contributed by atoms with E-state index < -0.39 is 6.04 Å². The van der Waals surface area contributed by atoms with E-state index >= 15 is 0 Å². The van der Waals surface area contributed by atoms with Crippen molar-refractivity contribution in [1.82, 2.24) is 14.9 Å². The quantitative estimate of drug-likeness (QED) is 0.614. The number of aryl methyl sites for hydroxylation is 1. The number of rotatable bonds is 4. The molecule has 3 aromatic rings. The van der Waals surface area contributed by atoms with E-state index in [9.17, 15) is 4.79 Å². The van der Waals surface area contributed by atoms with Crippen LogP contribution in [0.15, 0.2) is 48.8 Å². The Hall–Kier alpha value is -2.12. The summed E-state index contributed by atoms with van der Waals surface area (Å²) in [6.07, 6.45) is 2.11. The molecule has 1 aromatic heterocycles. The highest BCUT2D eigenvalue weighted by molar-refractivity contribution is 6.30. The number of fused-ring (bicyclic) bond motifs is 1. The van der Waals surface area contributed by atoms with Crippen molar-refractivity contribution in [2.75, 3.05) is 31.1 Å². The van der Waals surface area contributed by atoms with Gasteiger partial charge in [-0.15, -0.1) is 24.8 Å². The number of nitrogens with two attached hydrogens (primary N) is 1. The fourth-order valence-electron chi connectivity index (χ4n) is 3.83. The molecular weight excluding hydrogens is 457 g/mol. The number of carbonyl (C=O) groups excluding carboxylic acids is 1. The van der Waals surface area contributed by atoms with Gasteiger partial charge < -0.3 is 15.5 Å². The Morgan fingerprint density at radius 1 is 1.10 bits per heavy atom. The largest absolute Gasteiger partial charge is 0.352 e. The van der Waals surface area contributed by atoms with Crippen LogP contribution in [0.3, 0.4) is 0 Å². The maximum atomic E-state index is 12.9. The third-order valence-corrected chi connectivity index (χ3v) is 5.71. The van der Waals surface area contributed by atoms with Crippen molar-refractivity contribution in [1.29, 1.82) is 0 Å². The number of aromatic nitrogens is 2. The van der Waals surface area contributed by atoms with Crippen molar-refractivity contribution in [2.45, 2.75) is 19.4 Å². The lowest BCUT2D eigenvalue weighted by molar-refractivity contribution is -0.132. The van der Waals surface area contributed by atoms with Crippen LogP contribution in [0.4, 0.5) is 5.82 Å². The van der Waals surface area contributed by atoms with Crippen LogP contribution in [0.1, 0.15) is 11.1 Å². The van der Waals surface area contributed by atoms with Crippen molar-refractivity contribution >= 4 is 59.0 Å². The van der Waals surface area contributed by atoms with Gasteiger partial charge >= 0.3 is 0 Å². The maximum Gasteiger partial charge on any atom is 0.239 e. The summed E-state index contributed by atoms with van der Waals surface area (Å²) in [6, 6.07) is 13.1. The van der Waals surface area contributed by atoms with Crippen molar-refractivity contribution in [3.05, 3.63) is 64.9 Å². The monoisotopic (exact) mass is 481 g/mol. The van der Waals surface area contributed by atoms with Crippen molar-refractivity contribution in [3.8, 4) is 0 Å². The van der Waals surface area contributed by atoms with Crippen LogP contribution in [-0.4, -0.2) is 53.0 Å².